The molecule has 2 atom stereocenters. The lowest BCUT2D eigenvalue weighted by molar-refractivity contribution is -0.139. The lowest BCUT2D eigenvalue weighted by Gasteiger charge is -2.38. The van der Waals surface area contributed by atoms with Crippen molar-refractivity contribution in [2.75, 3.05) is 40.4 Å². The SMILES string of the molecule is COc1ccc(C2=NN(CCCCN3CCCCC3)C(=O)[C@@H]3CCCC[C@H]23)cc1OC. The Labute approximate surface area is 186 Å². The van der Waals surface area contributed by atoms with E-state index in [-0.39, 0.29) is 17.7 Å². The van der Waals surface area contributed by atoms with Crippen molar-refractivity contribution in [2.24, 2.45) is 16.9 Å². The number of carbonyl (C=O) groups is 1. The molecule has 2 aliphatic heterocycles. The van der Waals surface area contributed by atoms with E-state index in [9.17, 15) is 4.79 Å². The Morgan fingerprint density at radius 2 is 1.61 bits per heavy atom. The Hall–Kier alpha value is -2.08. The van der Waals surface area contributed by atoms with Crippen LogP contribution in [0.15, 0.2) is 23.3 Å². The smallest absolute Gasteiger partial charge is 0.246 e. The van der Waals surface area contributed by atoms with Gasteiger partial charge in [-0.05, 0) is 76.4 Å². The molecule has 4 rings (SSSR count). The molecule has 0 unspecified atom stereocenters. The van der Waals surface area contributed by atoms with Crippen LogP contribution in [0.4, 0.5) is 0 Å². The van der Waals surface area contributed by atoms with Gasteiger partial charge in [-0.25, -0.2) is 5.01 Å². The van der Waals surface area contributed by atoms with Crippen LogP contribution in [0.3, 0.4) is 0 Å². The molecule has 0 radical (unpaired) electrons. The minimum atomic E-state index is 0.0661. The van der Waals surface area contributed by atoms with Gasteiger partial charge in [-0.1, -0.05) is 19.3 Å². The van der Waals surface area contributed by atoms with E-state index in [1.54, 1.807) is 19.2 Å². The number of methoxy groups -OCH3 is 2. The van der Waals surface area contributed by atoms with Crippen molar-refractivity contribution >= 4 is 11.6 Å². The second-order valence-electron chi connectivity index (χ2n) is 9.12. The number of rotatable bonds is 8. The van der Waals surface area contributed by atoms with E-state index in [1.165, 1.54) is 32.4 Å². The van der Waals surface area contributed by atoms with Gasteiger partial charge in [0.1, 0.15) is 0 Å². The van der Waals surface area contributed by atoms with Crippen molar-refractivity contribution in [1.29, 1.82) is 0 Å². The van der Waals surface area contributed by atoms with Crippen LogP contribution in [0, 0.1) is 11.8 Å². The van der Waals surface area contributed by atoms with Crippen LogP contribution < -0.4 is 9.47 Å². The molecule has 1 aliphatic carbocycles. The first-order chi connectivity index (χ1) is 15.2. The molecule has 1 aromatic rings. The first-order valence-corrected chi connectivity index (χ1v) is 12.1. The summed E-state index contributed by atoms with van der Waals surface area (Å²) < 4.78 is 10.9. The molecule has 6 nitrogen and oxygen atoms in total. The molecule has 1 aromatic carbocycles. The number of benzene rings is 1. The molecule has 31 heavy (non-hydrogen) atoms. The number of piperidine rings is 1. The molecule has 0 aromatic heterocycles. The highest BCUT2D eigenvalue weighted by Crippen LogP contribution is 2.39. The van der Waals surface area contributed by atoms with Crippen LogP contribution in [0.2, 0.25) is 0 Å². The van der Waals surface area contributed by atoms with Gasteiger partial charge in [-0.15, -0.1) is 0 Å². The minimum Gasteiger partial charge on any atom is -0.493 e. The van der Waals surface area contributed by atoms with Gasteiger partial charge in [-0.2, -0.15) is 5.10 Å². The first-order valence-electron chi connectivity index (χ1n) is 12.1. The Balaban J connectivity index is 1.49. The highest BCUT2D eigenvalue weighted by Gasteiger charge is 2.41. The van der Waals surface area contributed by atoms with E-state index in [4.69, 9.17) is 14.6 Å². The summed E-state index contributed by atoms with van der Waals surface area (Å²) >= 11 is 0. The maximum Gasteiger partial charge on any atom is 0.246 e. The molecule has 1 saturated carbocycles. The number of unbranched alkanes of at least 4 members (excludes halogenated alkanes) is 1. The van der Waals surface area contributed by atoms with Crippen molar-refractivity contribution in [3.05, 3.63) is 23.8 Å². The van der Waals surface area contributed by atoms with Gasteiger partial charge in [-0.3, -0.25) is 4.79 Å². The van der Waals surface area contributed by atoms with Gasteiger partial charge in [0.2, 0.25) is 5.91 Å². The summed E-state index contributed by atoms with van der Waals surface area (Å²) in [6.45, 7) is 4.31. The second kappa shape index (κ2) is 10.5. The summed E-state index contributed by atoms with van der Waals surface area (Å²) in [5, 5.41) is 6.70. The predicted molar refractivity (Wildman–Crippen MR) is 123 cm³/mol. The molecular formula is C25H37N3O3. The van der Waals surface area contributed by atoms with E-state index in [2.05, 4.69) is 11.0 Å². The minimum absolute atomic E-state index is 0.0661. The zero-order chi connectivity index (χ0) is 21.6. The first kappa shape index (κ1) is 22.1. The fourth-order valence-electron chi connectivity index (χ4n) is 5.41. The molecular weight excluding hydrogens is 390 g/mol. The highest BCUT2D eigenvalue weighted by atomic mass is 16.5. The van der Waals surface area contributed by atoms with Crippen LogP contribution in [0.1, 0.15) is 63.4 Å². The highest BCUT2D eigenvalue weighted by molar-refractivity contribution is 6.07. The summed E-state index contributed by atoms with van der Waals surface area (Å²) in [5.74, 6) is 1.93. The number of nitrogens with zero attached hydrogens (tertiary/aromatic N) is 3. The Kier molecular flexibility index (Phi) is 7.49. The number of hydrazone groups is 1. The van der Waals surface area contributed by atoms with Crippen molar-refractivity contribution in [3.63, 3.8) is 0 Å². The fourth-order valence-corrected chi connectivity index (χ4v) is 5.41. The van der Waals surface area contributed by atoms with Gasteiger partial charge in [0.05, 0.1) is 19.9 Å². The zero-order valence-electron chi connectivity index (χ0n) is 19.1. The third-order valence-electron chi connectivity index (χ3n) is 7.14. The number of fused-ring (bicyclic) bond motifs is 1. The molecule has 6 heteroatoms. The molecule has 3 aliphatic rings. The van der Waals surface area contributed by atoms with Crippen LogP contribution in [0.5, 0.6) is 11.5 Å². The van der Waals surface area contributed by atoms with Gasteiger partial charge in [0.15, 0.2) is 11.5 Å². The fraction of sp³-hybridized carbons (Fsp3) is 0.680. The summed E-state index contributed by atoms with van der Waals surface area (Å²) in [5.41, 5.74) is 2.08. The maximum absolute atomic E-state index is 13.2. The predicted octanol–water partition coefficient (Wildman–Crippen LogP) is 4.32. The van der Waals surface area contributed by atoms with E-state index in [1.807, 2.05) is 12.1 Å². The van der Waals surface area contributed by atoms with Gasteiger partial charge >= 0.3 is 0 Å². The van der Waals surface area contributed by atoms with Crippen LogP contribution in [-0.4, -0.2) is 61.9 Å². The maximum atomic E-state index is 13.2. The molecule has 0 spiro atoms. The van der Waals surface area contributed by atoms with E-state index in [0.717, 1.165) is 56.3 Å². The van der Waals surface area contributed by atoms with E-state index >= 15 is 0 Å². The molecule has 0 bridgehead atoms. The standard InChI is InChI=1S/C25H37N3O3/c1-30-22-13-12-19(18-23(22)31-2)24-20-10-4-5-11-21(20)25(29)28(26-24)17-9-8-16-27-14-6-3-7-15-27/h12-13,18,20-21H,3-11,14-17H2,1-2H3/t20-,21+/m0/s1. The average molecular weight is 428 g/mol. The Morgan fingerprint density at radius 1 is 0.903 bits per heavy atom. The van der Waals surface area contributed by atoms with E-state index in [0.29, 0.717) is 18.0 Å². The van der Waals surface area contributed by atoms with Crippen molar-refractivity contribution < 1.29 is 14.3 Å². The topological polar surface area (TPSA) is 54.4 Å². The van der Waals surface area contributed by atoms with Gasteiger partial charge < -0.3 is 14.4 Å². The number of amides is 1. The monoisotopic (exact) mass is 427 g/mol. The molecule has 2 fully saturated rings. The van der Waals surface area contributed by atoms with Crippen LogP contribution in [-0.2, 0) is 4.79 Å². The third-order valence-corrected chi connectivity index (χ3v) is 7.14. The quantitative estimate of drug-likeness (QED) is 0.580. The molecule has 0 N–H and O–H groups in total. The second-order valence-corrected chi connectivity index (χ2v) is 9.12. The van der Waals surface area contributed by atoms with Gasteiger partial charge in [0.25, 0.3) is 0 Å². The normalized spacial score (nSPS) is 24.5. The lowest BCUT2D eigenvalue weighted by atomic mass is 9.73. The number of carbonyl (C=O) groups excluding carboxylic acids is 1. The third kappa shape index (κ3) is 5.05. The average Bonchev–Trinajstić information content (AvgIpc) is 2.83. The lowest BCUT2D eigenvalue weighted by Crippen LogP contribution is -2.46. The van der Waals surface area contributed by atoms with E-state index < -0.39 is 0 Å². The Bertz CT molecular complexity index is 788. The number of hydrogen-bond donors (Lipinski definition) is 0. The molecule has 1 saturated heterocycles. The number of ether oxygens (including phenoxy) is 2. The molecule has 1 amide bonds. The summed E-state index contributed by atoms with van der Waals surface area (Å²) in [6.07, 6.45) is 10.5. The summed E-state index contributed by atoms with van der Waals surface area (Å²) in [7, 11) is 3.31. The largest absolute Gasteiger partial charge is 0.493 e. The molecule has 170 valence electrons. The van der Waals surface area contributed by atoms with Crippen LogP contribution >= 0.6 is 0 Å². The van der Waals surface area contributed by atoms with Crippen molar-refractivity contribution in [1.82, 2.24) is 9.91 Å². The van der Waals surface area contributed by atoms with Crippen LogP contribution in [0.25, 0.3) is 0 Å². The summed E-state index contributed by atoms with van der Waals surface area (Å²) in [6, 6.07) is 6.00. The number of hydrogen-bond acceptors (Lipinski definition) is 5. The molecule has 2 heterocycles. The summed E-state index contributed by atoms with van der Waals surface area (Å²) in [4.78, 5) is 15.8. The van der Waals surface area contributed by atoms with Gasteiger partial charge in [0, 0.05) is 23.9 Å². The van der Waals surface area contributed by atoms with Crippen molar-refractivity contribution in [3.8, 4) is 11.5 Å². The Morgan fingerprint density at radius 3 is 2.35 bits per heavy atom. The zero-order valence-corrected chi connectivity index (χ0v) is 19.1. The van der Waals surface area contributed by atoms with Crippen molar-refractivity contribution in [2.45, 2.75) is 57.8 Å². The number of likely N-dealkylation sites (tertiary alicyclic amines) is 1.